The fraction of sp³-hybridized carbons (Fsp3) is 0.250. The van der Waals surface area contributed by atoms with Gasteiger partial charge in [0.1, 0.15) is 24.0 Å². The first kappa shape index (κ1) is 25.3. The lowest BCUT2D eigenvalue weighted by Crippen LogP contribution is -2.42. The minimum absolute atomic E-state index is 0.0935. The van der Waals surface area contributed by atoms with Crippen molar-refractivity contribution in [3.05, 3.63) is 102 Å². The average molecular weight is 510 g/mol. The highest BCUT2D eigenvalue weighted by Gasteiger charge is 2.30. The van der Waals surface area contributed by atoms with Gasteiger partial charge in [-0.25, -0.2) is 9.59 Å². The van der Waals surface area contributed by atoms with Gasteiger partial charge in [0, 0.05) is 12.3 Å². The molecule has 1 amide bonds. The number of ether oxygens (including phenoxy) is 2. The Morgan fingerprint density at radius 3 is 2.11 bits per heavy atom. The highest BCUT2D eigenvalue weighted by atomic mass is 16.5. The molecule has 0 spiro atoms. The van der Waals surface area contributed by atoms with Gasteiger partial charge in [-0.3, -0.25) is 0 Å². The number of hydrogen-bond donors (Lipinski definition) is 2. The van der Waals surface area contributed by atoms with Crippen molar-refractivity contribution in [2.24, 2.45) is 0 Å². The first-order valence-corrected chi connectivity index (χ1v) is 12.7. The molecule has 4 aromatic rings. The van der Waals surface area contributed by atoms with Gasteiger partial charge in [-0.15, -0.1) is 0 Å². The lowest BCUT2D eigenvalue weighted by atomic mass is 9.98. The van der Waals surface area contributed by atoms with Crippen LogP contribution in [0.4, 0.5) is 4.79 Å². The van der Waals surface area contributed by atoms with Gasteiger partial charge < -0.3 is 19.9 Å². The Kier molecular flexibility index (Phi) is 6.81. The Hall–Kier alpha value is -4.32. The molecule has 0 fully saturated rings. The summed E-state index contributed by atoms with van der Waals surface area (Å²) in [7, 11) is 0. The summed E-state index contributed by atoms with van der Waals surface area (Å²) >= 11 is 0. The van der Waals surface area contributed by atoms with Crippen molar-refractivity contribution in [3.8, 4) is 16.9 Å². The van der Waals surface area contributed by atoms with Crippen LogP contribution in [0.15, 0.2) is 84.9 Å². The molecule has 0 radical (unpaired) electrons. The summed E-state index contributed by atoms with van der Waals surface area (Å²) in [6.07, 6.45) is -0.612. The molecule has 2 N–H and O–H groups in total. The Morgan fingerprint density at radius 2 is 1.47 bits per heavy atom. The minimum Gasteiger partial charge on any atom is -0.488 e. The lowest BCUT2D eigenvalue weighted by molar-refractivity contribution is -0.139. The van der Waals surface area contributed by atoms with E-state index in [1.807, 2.05) is 93.6 Å². The maximum absolute atomic E-state index is 12.7. The summed E-state index contributed by atoms with van der Waals surface area (Å²) < 4.78 is 11.5. The zero-order chi connectivity index (χ0) is 26.9. The zero-order valence-corrected chi connectivity index (χ0v) is 21.7. The number of hydrogen-bond acceptors (Lipinski definition) is 4. The van der Waals surface area contributed by atoms with E-state index in [2.05, 4.69) is 17.4 Å². The lowest BCUT2D eigenvalue weighted by Gasteiger charge is -2.21. The third kappa shape index (κ3) is 5.49. The predicted molar refractivity (Wildman–Crippen MR) is 148 cm³/mol. The minimum atomic E-state index is -1.12. The number of alkyl carbamates (subject to hydrolysis) is 1. The molecule has 0 saturated heterocycles. The van der Waals surface area contributed by atoms with Crippen LogP contribution in [0, 0.1) is 0 Å². The van der Waals surface area contributed by atoms with Crippen LogP contribution in [0.5, 0.6) is 5.75 Å². The standard InChI is InChI=1S/C32H31NO5/c1-32(2,3)38-23-15-14-21-16-20(12-13-22(21)18-23)17-29(30(34)35)33-31(36)37-19-28-26-10-6-4-8-24(26)25-9-5-7-11-27(25)28/h4-16,18,28-29H,17,19H2,1-3H3,(H,33,36)(H,34,35). The Bertz CT molecular complexity index is 1460. The Balaban J connectivity index is 1.25. The van der Waals surface area contributed by atoms with Crippen molar-refractivity contribution in [3.63, 3.8) is 0 Å². The molecule has 6 heteroatoms. The Morgan fingerprint density at radius 1 is 0.868 bits per heavy atom. The monoisotopic (exact) mass is 509 g/mol. The second kappa shape index (κ2) is 10.2. The fourth-order valence-electron chi connectivity index (χ4n) is 5.04. The number of amides is 1. The molecule has 0 aromatic heterocycles. The molecule has 0 bridgehead atoms. The number of benzene rings is 4. The number of rotatable bonds is 7. The molecule has 1 unspecified atom stereocenters. The first-order valence-electron chi connectivity index (χ1n) is 12.7. The first-order chi connectivity index (χ1) is 18.2. The second-order valence-corrected chi connectivity index (χ2v) is 10.6. The van der Waals surface area contributed by atoms with E-state index in [-0.39, 0.29) is 24.5 Å². The SMILES string of the molecule is CC(C)(C)Oc1ccc2cc(CC(NC(=O)OCC3c4ccccc4-c4ccccc43)C(=O)O)ccc2c1. The number of nitrogens with one attached hydrogen (secondary N) is 1. The zero-order valence-electron chi connectivity index (χ0n) is 21.7. The fourth-order valence-corrected chi connectivity index (χ4v) is 5.04. The van der Waals surface area contributed by atoms with Crippen LogP contribution in [0.1, 0.15) is 43.4 Å². The maximum atomic E-state index is 12.7. The number of carboxylic acid groups (broad SMARTS) is 1. The van der Waals surface area contributed by atoms with E-state index >= 15 is 0 Å². The van der Waals surface area contributed by atoms with E-state index in [1.165, 1.54) is 0 Å². The van der Waals surface area contributed by atoms with E-state index in [9.17, 15) is 14.7 Å². The van der Waals surface area contributed by atoms with Gasteiger partial charge in [-0.2, -0.15) is 0 Å². The normalized spacial score (nSPS) is 13.4. The molecular formula is C32H31NO5. The van der Waals surface area contributed by atoms with Crippen molar-refractivity contribution < 1.29 is 24.2 Å². The van der Waals surface area contributed by atoms with Gasteiger partial charge in [0.2, 0.25) is 0 Å². The van der Waals surface area contributed by atoms with Gasteiger partial charge in [0.05, 0.1) is 0 Å². The number of carbonyl (C=O) groups is 2. The molecule has 0 heterocycles. The third-order valence-electron chi connectivity index (χ3n) is 6.67. The van der Waals surface area contributed by atoms with Crippen LogP contribution in [0.3, 0.4) is 0 Å². The van der Waals surface area contributed by atoms with E-state index in [0.29, 0.717) is 0 Å². The van der Waals surface area contributed by atoms with E-state index in [0.717, 1.165) is 44.3 Å². The molecule has 6 nitrogen and oxygen atoms in total. The summed E-state index contributed by atoms with van der Waals surface area (Å²) in [5.74, 6) is -0.435. The number of carboxylic acids is 1. The van der Waals surface area contributed by atoms with Gasteiger partial charge in [0.15, 0.2) is 0 Å². The van der Waals surface area contributed by atoms with Crippen LogP contribution in [0.2, 0.25) is 0 Å². The number of fused-ring (bicyclic) bond motifs is 4. The van der Waals surface area contributed by atoms with Crippen molar-refractivity contribution in [1.29, 1.82) is 0 Å². The van der Waals surface area contributed by atoms with Crippen molar-refractivity contribution in [2.75, 3.05) is 6.61 Å². The van der Waals surface area contributed by atoms with Crippen LogP contribution in [-0.2, 0) is 16.0 Å². The molecule has 0 aliphatic heterocycles. The third-order valence-corrected chi connectivity index (χ3v) is 6.67. The van der Waals surface area contributed by atoms with Crippen molar-refractivity contribution in [1.82, 2.24) is 5.32 Å². The molecule has 194 valence electrons. The van der Waals surface area contributed by atoms with Crippen molar-refractivity contribution in [2.45, 2.75) is 44.8 Å². The van der Waals surface area contributed by atoms with Crippen LogP contribution in [-0.4, -0.2) is 35.4 Å². The maximum Gasteiger partial charge on any atom is 0.407 e. The Labute approximate surface area is 222 Å². The molecule has 1 aliphatic rings. The highest BCUT2D eigenvalue weighted by molar-refractivity contribution is 5.85. The topological polar surface area (TPSA) is 84.9 Å². The molecule has 5 rings (SSSR count). The van der Waals surface area contributed by atoms with Gasteiger partial charge >= 0.3 is 12.1 Å². The molecule has 0 saturated carbocycles. The summed E-state index contributed by atoms with van der Waals surface area (Å²) in [6.45, 7) is 6.11. The van der Waals surface area contributed by atoms with E-state index < -0.39 is 18.1 Å². The number of aliphatic carboxylic acids is 1. The number of carbonyl (C=O) groups excluding carboxylic acids is 1. The highest BCUT2D eigenvalue weighted by Crippen LogP contribution is 2.44. The van der Waals surface area contributed by atoms with Crippen molar-refractivity contribution >= 4 is 22.8 Å². The van der Waals surface area contributed by atoms with E-state index in [4.69, 9.17) is 9.47 Å². The molecular weight excluding hydrogens is 478 g/mol. The quantitative estimate of drug-likeness (QED) is 0.295. The smallest absolute Gasteiger partial charge is 0.407 e. The van der Waals surface area contributed by atoms with Gasteiger partial charge in [-0.05, 0) is 71.5 Å². The second-order valence-electron chi connectivity index (χ2n) is 10.6. The molecule has 1 aliphatic carbocycles. The van der Waals surface area contributed by atoms with Crippen LogP contribution in [0.25, 0.3) is 21.9 Å². The summed E-state index contributed by atoms with van der Waals surface area (Å²) in [5, 5.41) is 14.3. The van der Waals surface area contributed by atoms with Crippen LogP contribution < -0.4 is 10.1 Å². The average Bonchev–Trinajstić information content (AvgIpc) is 3.20. The molecule has 38 heavy (non-hydrogen) atoms. The van der Waals surface area contributed by atoms with Gasteiger partial charge in [0.25, 0.3) is 0 Å². The molecule has 4 aromatic carbocycles. The van der Waals surface area contributed by atoms with Crippen LogP contribution >= 0.6 is 0 Å². The molecule has 1 atom stereocenters. The van der Waals surface area contributed by atoms with E-state index in [1.54, 1.807) is 0 Å². The van der Waals surface area contributed by atoms with Gasteiger partial charge in [-0.1, -0.05) is 72.8 Å². The summed E-state index contributed by atoms with van der Waals surface area (Å²) in [6, 6.07) is 26.6. The summed E-state index contributed by atoms with van der Waals surface area (Å²) in [4.78, 5) is 24.7. The largest absolute Gasteiger partial charge is 0.488 e. The summed E-state index contributed by atoms with van der Waals surface area (Å²) in [5.41, 5.74) is 4.97. The predicted octanol–water partition coefficient (Wildman–Crippen LogP) is 6.55.